The molecule has 18 heavy (non-hydrogen) atoms. The maximum atomic E-state index is 12.7. The molecule has 0 amide bonds. The van der Waals surface area contributed by atoms with Crippen LogP contribution in [0.3, 0.4) is 0 Å². The Kier molecular flexibility index (Phi) is 5.18. The molecule has 1 aromatic rings. The predicted molar refractivity (Wildman–Crippen MR) is 62.5 cm³/mol. The van der Waals surface area contributed by atoms with Gasteiger partial charge in [-0.3, -0.25) is 0 Å². The maximum Gasteiger partial charge on any atom is 0.324 e. The fraction of sp³-hybridized carbons (Fsp3) is 0.545. The molecule has 7 heteroatoms. The smallest absolute Gasteiger partial charge is 0.324 e. The van der Waals surface area contributed by atoms with Crippen LogP contribution in [0.1, 0.15) is 13.3 Å². The van der Waals surface area contributed by atoms with E-state index in [4.69, 9.17) is 0 Å². The minimum atomic E-state index is -4.06. The molecule has 3 nitrogen and oxygen atoms in total. The Hall–Kier alpha value is -1.53. The van der Waals surface area contributed by atoms with E-state index in [1.807, 2.05) is 6.92 Å². The van der Waals surface area contributed by atoms with Gasteiger partial charge in [-0.2, -0.15) is 8.78 Å². The number of halogens is 4. The van der Waals surface area contributed by atoms with Crippen LogP contribution in [-0.4, -0.2) is 30.4 Å². The lowest BCUT2D eigenvalue weighted by Crippen LogP contribution is -2.35. The molecule has 0 bridgehead atoms. The van der Waals surface area contributed by atoms with E-state index in [0.29, 0.717) is 12.4 Å². The molecule has 0 unspecified atom stereocenters. The zero-order valence-corrected chi connectivity index (χ0v) is 9.89. The molecule has 0 radical (unpaired) electrons. The highest BCUT2D eigenvalue weighted by Gasteiger charge is 2.40. The van der Waals surface area contributed by atoms with Gasteiger partial charge < -0.3 is 10.6 Å². The highest BCUT2D eigenvalue weighted by atomic mass is 19.3. The van der Waals surface area contributed by atoms with Crippen molar-refractivity contribution in [3.63, 3.8) is 0 Å². The largest absolute Gasteiger partial charge is 0.370 e. The van der Waals surface area contributed by atoms with E-state index in [0.717, 1.165) is 6.42 Å². The molecule has 0 atom stereocenters. The van der Waals surface area contributed by atoms with Crippen molar-refractivity contribution in [1.29, 1.82) is 0 Å². The van der Waals surface area contributed by atoms with Gasteiger partial charge in [-0.15, -0.1) is 0 Å². The standard InChI is InChI=1S/C11H15F4N3/c1-2-6-16-8-4-3-5-9(18-8)17-7-11(14,15)10(12)13/h3-5,10H,2,6-7H2,1H3,(H2,16,17,18). The first-order valence-corrected chi connectivity index (χ1v) is 5.56. The number of anilines is 2. The number of alkyl halides is 4. The minimum Gasteiger partial charge on any atom is -0.370 e. The SMILES string of the molecule is CCCNc1cccc(NCC(F)(F)C(F)F)n1. The van der Waals surface area contributed by atoms with E-state index in [1.54, 1.807) is 12.1 Å². The topological polar surface area (TPSA) is 37.0 Å². The zero-order valence-electron chi connectivity index (χ0n) is 9.89. The first-order valence-electron chi connectivity index (χ1n) is 5.56. The number of pyridine rings is 1. The van der Waals surface area contributed by atoms with Crippen LogP contribution >= 0.6 is 0 Å². The Balaban J connectivity index is 2.57. The summed E-state index contributed by atoms with van der Waals surface area (Å²) in [6, 6.07) is 4.72. The monoisotopic (exact) mass is 265 g/mol. The molecule has 1 aromatic heterocycles. The molecule has 0 aliphatic carbocycles. The molecule has 2 N–H and O–H groups in total. The van der Waals surface area contributed by atoms with Crippen molar-refractivity contribution < 1.29 is 17.6 Å². The van der Waals surface area contributed by atoms with Crippen molar-refractivity contribution >= 4 is 11.6 Å². The van der Waals surface area contributed by atoms with Gasteiger partial charge >= 0.3 is 12.3 Å². The highest BCUT2D eigenvalue weighted by Crippen LogP contribution is 2.23. The van der Waals surface area contributed by atoms with Crippen LogP contribution < -0.4 is 10.6 Å². The Bertz CT molecular complexity index is 371. The predicted octanol–water partition coefficient (Wildman–Crippen LogP) is 3.22. The third-order valence-electron chi connectivity index (χ3n) is 2.13. The van der Waals surface area contributed by atoms with Crippen molar-refractivity contribution in [2.24, 2.45) is 0 Å². The van der Waals surface area contributed by atoms with Gasteiger partial charge in [-0.25, -0.2) is 13.8 Å². The Morgan fingerprint density at radius 1 is 1.22 bits per heavy atom. The van der Waals surface area contributed by atoms with E-state index in [9.17, 15) is 17.6 Å². The van der Waals surface area contributed by atoms with E-state index in [-0.39, 0.29) is 5.82 Å². The van der Waals surface area contributed by atoms with E-state index < -0.39 is 18.9 Å². The third kappa shape index (κ3) is 4.38. The average molecular weight is 265 g/mol. The summed E-state index contributed by atoms with van der Waals surface area (Å²) >= 11 is 0. The number of nitrogens with zero attached hydrogens (tertiary/aromatic N) is 1. The maximum absolute atomic E-state index is 12.7. The van der Waals surface area contributed by atoms with Gasteiger partial charge in [0.05, 0.1) is 6.54 Å². The summed E-state index contributed by atoms with van der Waals surface area (Å²) in [4.78, 5) is 3.97. The van der Waals surface area contributed by atoms with E-state index in [2.05, 4.69) is 15.6 Å². The Morgan fingerprint density at radius 2 is 1.83 bits per heavy atom. The van der Waals surface area contributed by atoms with Crippen LogP contribution in [0.5, 0.6) is 0 Å². The van der Waals surface area contributed by atoms with Gasteiger partial charge in [0, 0.05) is 6.54 Å². The second-order valence-corrected chi connectivity index (χ2v) is 3.75. The lowest BCUT2D eigenvalue weighted by molar-refractivity contribution is -0.117. The van der Waals surface area contributed by atoms with E-state index >= 15 is 0 Å². The van der Waals surface area contributed by atoms with Gasteiger partial charge in [-0.05, 0) is 18.6 Å². The van der Waals surface area contributed by atoms with Gasteiger partial charge in [-0.1, -0.05) is 13.0 Å². The third-order valence-corrected chi connectivity index (χ3v) is 2.13. The molecule has 0 saturated carbocycles. The van der Waals surface area contributed by atoms with Crippen molar-refractivity contribution in [1.82, 2.24) is 4.98 Å². The van der Waals surface area contributed by atoms with Gasteiger partial charge in [0.1, 0.15) is 11.6 Å². The molecule has 0 fully saturated rings. The summed E-state index contributed by atoms with van der Waals surface area (Å²) in [7, 11) is 0. The normalized spacial score (nSPS) is 11.7. The fourth-order valence-corrected chi connectivity index (χ4v) is 1.17. The molecular weight excluding hydrogens is 250 g/mol. The van der Waals surface area contributed by atoms with Gasteiger partial charge in [0.2, 0.25) is 0 Å². The summed E-state index contributed by atoms with van der Waals surface area (Å²) in [6.45, 7) is 1.52. The van der Waals surface area contributed by atoms with Crippen LogP contribution in [0, 0.1) is 0 Å². The van der Waals surface area contributed by atoms with E-state index in [1.165, 1.54) is 6.07 Å². The van der Waals surface area contributed by atoms with Crippen LogP contribution in [0.25, 0.3) is 0 Å². The number of aromatic nitrogens is 1. The zero-order chi connectivity index (χ0) is 13.6. The number of rotatable bonds is 7. The second-order valence-electron chi connectivity index (χ2n) is 3.75. The number of hydrogen-bond acceptors (Lipinski definition) is 3. The Labute approximate surface area is 103 Å². The summed E-state index contributed by atoms with van der Waals surface area (Å²) in [6.07, 6.45) is -2.80. The van der Waals surface area contributed by atoms with Gasteiger partial charge in [0.15, 0.2) is 0 Å². The minimum absolute atomic E-state index is 0.136. The molecule has 1 heterocycles. The lowest BCUT2D eigenvalue weighted by Gasteiger charge is -2.16. The van der Waals surface area contributed by atoms with Crippen LogP contribution in [0.2, 0.25) is 0 Å². The summed E-state index contributed by atoms with van der Waals surface area (Å²) in [5.41, 5.74) is 0. The quantitative estimate of drug-likeness (QED) is 0.743. The molecule has 0 aromatic carbocycles. The second kappa shape index (κ2) is 6.42. The molecular formula is C11H15F4N3. The lowest BCUT2D eigenvalue weighted by atomic mass is 10.3. The molecule has 0 saturated heterocycles. The van der Waals surface area contributed by atoms with Crippen molar-refractivity contribution in [2.75, 3.05) is 23.7 Å². The van der Waals surface area contributed by atoms with Crippen molar-refractivity contribution in [3.8, 4) is 0 Å². The first-order chi connectivity index (χ1) is 8.45. The van der Waals surface area contributed by atoms with Crippen LogP contribution in [0.15, 0.2) is 18.2 Å². The number of hydrogen-bond donors (Lipinski definition) is 2. The molecule has 0 aliphatic rings. The summed E-state index contributed by atoms with van der Waals surface area (Å²) in [5, 5.41) is 5.17. The summed E-state index contributed by atoms with van der Waals surface area (Å²) in [5.74, 6) is -3.41. The fourth-order valence-electron chi connectivity index (χ4n) is 1.17. The van der Waals surface area contributed by atoms with Crippen molar-refractivity contribution in [2.45, 2.75) is 25.7 Å². The van der Waals surface area contributed by atoms with Gasteiger partial charge in [0.25, 0.3) is 0 Å². The van der Waals surface area contributed by atoms with Crippen LogP contribution in [-0.2, 0) is 0 Å². The average Bonchev–Trinajstić information content (AvgIpc) is 2.34. The molecule has 1 rings (SSSR count). The molecule has 0 aliphatic heterocycles. The van der Waals surface area contributed by atoms with Crippen molar-refractivity contribution in [3.05, 3.63) is 18.2 Å². The highest BCUT2D eigenvalue weighted by molar-refractivity contribution is 5.45. The number of nitrogens with one attached hydrogen (secondary N) is 2. The van der Waals surface area contributed by atoms with Crippen LogP contribution in [0.4, 0.5) is 29.2 Å². The Morgan fingerprint density at radius 3 is 2.39 bits per heavy atom. The molecule has 0 spiro atoms. The molecule has 102 valence electrons. The first kappa shape index (κ1) is 14.5. The summed E-state index contributed by atoms with van der Waals surface area (Å²) < 4.78 is 49.2.